The number of carbonyl (C=O) groups excluding carboxylic acids is 1. The van der Waals surface area contributed by atoms with E-state index in [1.54, 1.807) is 0 Å². The molecule has 0 radical (unpaired) electrons. The van der Waals surface area contributed by atoms with E-state index in [1.807, 2.05) is 11.9 Å². The largest absolute Gasteiger partial charge is 0.338 e. The van der Waals surface area contributed by atoms with Crippen LogP contribution in [0.2, 0.25) is 0 Å². The molecule has 0 spiro atoms. The van der Waals surface area contributed by atoms with Crippen molar-refractivity contribution in [3.63, 3.8) is 0 Å². The maximum atomic E-state index is 11.6. The molecule has 3 unspecified atom stereocenters. The van der Waals surface area contributed by atoms with Crippen LogP contribution < -0.4 is 5.32 Å². The fourth-order valence-corrected chi connectivity index (χ4v) is 2.11. The molecule has 2 aliphatic rings. The van der Waals surface area contributed by atoms with Crippen LogP contribution in [-0.2, 0) is 4.79 Å². The standard InChI is InChI=1S/C9H16N2O/c1-6(4-10-2)11-5-7-3-8(7)9(11)12/h6-8,10H,3-5H2,1-2H3. The smallest absolute Gasteiger partial charge is 0.226 e. The number of piperidine rings is 1. The highest BCUT2D eigenvalue weighted by Gasteiger charge is 2.52. The van der Waals surface area contributed by atoms with Crippen molar-refractivity contribution in [2.45, 2.75) is 19.4 Å². The van der Waals surface area contributed by atoms with Crippen LogP contribution in [0.25, 0.3) is 0 Å². The summed E-state index contributed by atoms with van der Waals surface area (Å²) in [6.07, 6.45) is 1.15. The molecule has 1 amide bonds. The molecule has 1 aliphatic heterocycles. The van der Waals surface area contributed by atoms with E-state index < -0.39 is 0 Å². The second-order valence-electron chi connectivity index (χ2n) is 4.00. The lowest BCUT2D eigenvalue weighted by molar-refractivity contribution is -0.131. The molecule has 0 aromatic carbocycles. The van der Waals surface area contributed by atoms with E-state index in [-0.39, 0.29) is 0 Å². The molecule has 0 bridgehead atoms. The summed E-state index contributed by atoms with van der Waals surface area (Å²) in [5, 5.41) is 3.10. The number of likely N-dealkylation sites (tertiary alicyclic amines) is 1. The number of carbonyl (C=O) groups is 1. The highest BCUT2D eigenvalue weighted by molar-refractivity contribution is 5.84. The molecule has 0 aromatic heterocycles. The number of hydrogen-bond acceptors (Lipinski definition) is 2. The second-order valence-corrected chi connectivity index (χ2v) is 4.00. The van der Waals surface area contributed by atoms with Gasteiger partial charge in [0.15, 0.2) is 0 Å². The molecule has 68 valence electrons. The normalized spacial score (nSPS) is 35.2. The minimum atomic E-state index is 0.371. The van der Waals surface area contributed by atoms with Crippen LogP contribution in [0.5, 0.6) is 0 Å². The molecular formula is C9H16N2O. The van der Waals surface area contributed by atoms with E-state index in [0.29, 0.717) is 23.8 Å². The van der Waals surface area contributed by atoms with Gasteiger partial charge in [-0.25, -0.2) is 0 Å². The van der Waals surface area contributed by atoms with Crippen LogP contribution in [-0.4, -0.2) is 37.0 Å². The Morgan fingerprint density at radius 1 is 1.75 bits per heavy atom. The predicted octanol–water partition coefficient (Wildman–Crippen LogP) is 0.0726. The number of nitrogens with one attached hydrogen (secondary N) is 1. The summed E-state index contributed by atoms with van der Waals surface area (Å²) < 4.78 is 0. The van der Waals surface area contributed by atoms with Crippen molar-refractivity contribution in [2.24, 2.45) is 11.8 Å². The average molecular weight is 168 g/mol. The molecule has 12 heavy (non-hydrogen) atoms. The second kappa shape index (κ2) is 2.73. The molecule has 2 fully saturated rings. The van der Waals surface area contributed by atoms with Crippen molar-refractivity contribution in [1.82, 2.24) is 10.2 Å². The van der Waals surface area contributed by atoms with Crippen molar-refractivity contribution < 1.29 is 4.79 Å². The molecule has 3 nitrogen and oxygen atoms in total. The summed E-state index contributed by atoms with van der Waals surface area (Å²) in [6.45, 7) is 4.02. The summed E-state index contributed by atoms with van der Waals surface area (Å²) in [4.78, 5) is 13.6. The number of nitrogens with zero attached hydrogens (tertiary/aromatic N) is 1. The topological polar surface area (TPSA) is 32.3 Å². The van der Waals surface area contributed by atoms with Crippen LogP contribution in [0.1, 0.15) is 13.3 Å². The molecule has 1 heterocycles. The van der Waals surface area contributed by atoms with Crippen LogP contribution >= 0.6 is 0 Å². The Morgan fingerprint density at radius 2 is 2.50 bits per heavy atom. The first-order valence-corrected chi connectivity index (χ1v) is 4.69. The Balaban J connectivity index is 1.92. The van der Waals surface area contributed by atoms with Gasteiger partial charge in [0.1, 0.15) is 0 Å². The van der Waals surface area contributed by atoms with Crippen molar-refractivity contribution in [3.8, 4) is 0 Å². The van der Waals surface area contributed by atoms with Crippen molar-refractivity contribution >= 4 is 5.91 Å². The maximum Gasteiger partial charge on any atom is 0.226 e. The minimum absolute atomic E-state index is 0.371. The zero-order valence-electron chi connectivity index (χ0n) is 7.71. The van der Waals surface area contributed by atoms with Gasteiger partial charge < -0.3 is 10.2 Å². The van der Waals surface area contributed by atoms with Gasteiger partial charge in [-0.05, 0) is 26.3 Å². The molecule has 3 heteroatoms. The lowest BCUT2D eigenvalue weighted by Crippen LogP contribution is -2.41. The summed E-state index contributed by atoms with van der Waals surface area (Å²) in [5.74, 6) is 1.50. The Kier molecular flexibility index (Phi) is 1.83. The Morgan fingerprint density at radius 3 is 3.00 bits per heavy atom. The van der Waals surface area contributed by atoms with E-state index in [4.69, 9.17) is 0 Å². The van der Waals surface area contributed by atoms with E-state index in [9.17, 15) is 4.79 Å². The van der Waals surface area contributed by atoms with E-state index in [0.717, 1.165) is 19.5 Å². The number of likely N-dealkylation sites (N-methyl/N-ethyl adjacent to an activating group) is 1. The first kappa shape index (κ1) is 8.05. The summed E-state index contributed by atoms with van der Waals surface area (Å²) >= 11 is 0. The first-order chi connectivity index (χ1) is 5.74. The van der Waals surface area contributed by atoms with Crippen LogP contribution in [0.3, 0.4) is 0 Å². The van der Waals surface area contributed by atoms with Gasteiger partial charge in [-0.3, -0.25) is 4.79 Å². The highest BCUT2D eigenvalue weighted by Crippen LogP contribution is 2.46. The summed E-state index contributed by atoms with van der Waals surface area (Å²) in [6, 6.07) is 0.371. The van der Waals surface area contributed by atoms with Crippen molar-refractivity contribution in [2.75, 3.05) is 20.1 Å². The quantitative estimate of drug-likeness (QED) is 0.647. The Labute approximate surface area is 73.1 Å². The lowest BCUT2D eigenvalue weighted by Gasteiger charge is -2.25. The van der Waals surface area contributed by atoms with E-state index >= 15 is 0 Å². The SMILES string of the molecule is CNCC(C)N1CC2CC2C1=O. The Hall–Kier alpha value is -0.570. The third kappa shape index (κ3) is 1.12. The number of fused-ring (bicyclic) bond motifs is 1. The van der Waals surface area contributed by atoms with Gasteiger partial charge in [-0.1, -0.05) is 0 Å². The third-order valence-corrected chi connectivity index (χ3v) is 2.99. The molecule has 3 atom stereocenters. The molecular weight excluding hydrogens is 152 g/mol. The molecule has 1 saturated heterocycles. The van der Waals surface area contributed by atoms with Gasteiger partial charge >= 0.3 is 0 Å². The van der Waals surface area contributed by atoms with E-state index in [2.05, 4.69) is 12.2 Å². The summed E-state index contributed by atoms with van der Waals surface area (Å²) in [7, 11) is 1.93. The van der Waals surface area contributed by atoms with Crippen LogP contribution in [0, 0.1) is 11.8 Å². The average Bonchev–Trinajstić information content (AvgIpc) is 2.73. The minimum Gasteiger partial charge on any atom is -0.338 e. The molecule has 1 aliphatic carbocycles. The zero-order valence-corrected chi connectivity index (χ0v) is 7.71. The fraction of sp³-hybridized carbons (Fsp3) is 0.889. The monoisotopic (exact) mass is 168 g/mol. The summed E-state index contributed by atoms with van der Waals surface area (Å²) in [5.41, 5.74) is 0. The molecule has 1 N–H and O–H groups in total. The van der Waals surface area contributed by atoms with Gasteiger partial charge in [0.2, 0.25) is 5.91 Å². The van der Waals surface area contributed by atoms with Gasteiger partial charge in [0, 0.05) is 25.0 Å². The van der Waals surface area contributed by atoms with Gasteiger partial charge in [-0.15, -0.1) is 0 Å². The Bertz CT molecular complexity index is 205. The molecule has 1 saturated carbocycles. The number of rotatable bonds is 3. The van der Waals surface area contributed by atoms with Gasteiger partial charge in [0.05, 0.1) is 0 Å². The fourth-order valence-electron chi connectivity index (χ4n) is 2.11. The van der Waals surface area contributed by atoms with Crippen molar-refractivity contribution in [1.29, 1.82) is 0 Å². The van der Waals surface area contributed by atoms with Gasteiger partial charge in [0.25, 0.3) is 0 Å². The number of hydrogen-bond donors (Lipinski definition) is 1. The van der Waals surface area contributed by atoms with Crippen LogP contribution in [0.4, 0.5) is 0 Å². The number of amides is 1. The van der Waals surface area contributed by atoms with Crippen molar-refractivity contribution in [3.05, 3.63) is 0 Å². The zero-order chi connectivity index (χ0) is 8.72. The maximum absolute atomic E-state index is 11.6. The van der Waals surface area contributed by atoms with Crippen LogP contribution in [0.15, 0.2) is 0 Å². The third-order valence-electron chi connectivity index (χ3n) is 2.99. The molecule has 0 aromatic rings. The molecule has 2 rings (SSSR count). The lowest BCUT2D eigenvalue weighted by atomic mass is 10.2. The van der Waals surface area contributed by atoms with Gasteiger partial charge in [-0.2, -0.15) is 0 Å². The highest BCUT2D eigenvalue weighted by atomic mass is 16.2. The predicted molar refractivity (Wildman–Crippen MR) is 46.7 cm³/mol. The van der Waals surface area contributed by atoms with E-state index in [1.165, 1.54) is 0 Å². The first-order valence-electron chi connectivity index (χ1n) is 4.69.